The molecule has 1 aliphatic rings. The van der Waals surface area contributed by atoms with Crippen molar-refractivity contribution < 1.29 is 17.6 Å². The second-order valence-electron chi connectivity index (χ2n) is 7.36. The molecular formula is C21H23N3O4S. The standard InChI is InChI=1S/C21H23N3O4S/c1-14-5-6-18(17-4-3-10-22-19(14)17)29(26,27)24-11-7-16(8-12-24)23-21(25)20-15(2)9-13-28-20/h3-6,9-10,13,16H,7-8,11-12H2,1-2H3,(H,23,25). The summed E-state index contributed by atoms with van der Waals surface area (Å²) in [6.45, 7) is 4.43. The highest BCUT2D eigenvalue weighted by atomic mass is 32.2. The van der Waals surface area contributed by atoms with Gasteiger partial charge in [0.2, 0.25) is 10.0 Å². The van der Waals surface area contributed by atoms with Crippen LogP contribution in [0.15, 0.2) is 52.1 Å². The van der Waals surface area contributed by atoms with E-state index in [1.807, 2.05) is 13.8 Å². The number of sulfonamides is 1. The highest BCUT2D eigenvalue weighted by Crippen LogP contribution is 2.28. The summed E-state index contributed by atoms with van der Waals surface area (Å²) in [4.78, 5) is 16.9. The van der Waals surface area contributed by atoms with E-state index in [1.54, 1.807) is 36.5 Å². The number of aryl methyl sites for hydroxylation is 2. The third kappa shape index (κ3) is 3.65. The van der Waals surface area contributed by atoms with Crippen LogP contribution in [-0.2, 0) is 10.0 Å². The van der Waals surface area contributed by atoms with Crippen molar-refractivity contribution in [3.63, 3.8) is 0 Å². The molecule has 7 nitrogen and oxygen atoms in total. The number of hydrogen-bond acceptors (Lipinski definition) is 5. The number of nitrogens with zero attached hydrogens (tertiary/aromatic N) is 2. The molecule has 0 atom stereocenters. The first-order valence-corrected chi connectivity index (χ1v) is 11.0. The van der Waals surface area contributed by atoms with Crippen molar-refractivity contribution >= 4 is 26.8 Å². The van der Waals surface area contributed by atoms with Gasteiger partial charge in [0, 0.05) is 36.3 Å². The fourth-order valence-corrected chi connectivity index (χ4v) is 5.40. The number of hydrogen-bond donors (Lipinski definition) is 1. The van der Waals surface area contributed by atoms with Crippen LogP contribution in [0, 0.1) is 13.8 Å². The number of rotatable bonds is 4. The molecule has 0 unspecified atom stereocenters. The molecule has 152 valence electrons. The minimum atomic E-state index is -3.65. The number of nitrogens with one attached hydrogen (secondary N) is 1. The van der Waals surface area contributed by atoms with E-state index in [2.05, 4.69) is 10.3 Å². The van der Waals surface area contributed by atoms with Crippen LogP contribution < -0.4 is 5.32 Å². The summed E-state index contributed by atoms with van der Waals surface area (Å²) < 4.78 is 33.3. The first-order chi connectivity index (χ1) is 13.9. The van der Waals surface area contributed by atoms with Gasteiger partial charge in [-0.1, -0.05) is 6.07 Å². The van der Waals surface area contributed by atoms with Crippen LogP contribution in [0.1, 0.15) is 34.5 Å². The summed E-state index contributed by atoms with van der Waals surface area (Å²) in [6.07, 6.45) is 4.25. The minimum absolute atomic E-state index is 0.0881. The molecule has 3 aromatic rings. The third-order valence-electron chi connectivity index (χ3n) is 5.41. The van der Waals surface area contributed by atoms with Gasteiger partial charge in [-0.3, -0.25) is 9.78 Å². The Bertz CT molecular complexity index is 1160. The summed E-state index contributed by atoms with van der Waals surface area (Å²) in [5.74, 6) is 0.0445. The summed E-state index contributed by atoms with van der Waals surface area (Å²) >= 11 is 0. The lowest BCUT2D eigenvalue weighted by atomic mass is 10.1. The molecule has 0 aliphatic carbocycles. The van der Waals surface area contributed by atoms with E-state index in [9.17, 15) is 13.2 Å². The monoisotopic (exact) mass is 413 g/mol. The smallest absolute Gasteiger partial charge is 0.287 e. The number of piperidine rings is 1. The van der Waals surface area contributed by atoms with E-state index in [1.165, 1.54) is 10.6 Å². The summed E-state index contributed by atoms with van der Waals surface area (Å²) in [5.41, 5.74) is 2.42. The summed E-state index contributed by atoms with van der Waals surface area (Å²) in [5, 5.41) is 3.58. The molecule has 2 aromatic heterocycles. The number of aromatic nitrogens is 1. The Morgan fingerprint density at radius 3 is 2.59 bits per heavy atom. The van der Waals surface area contributed by atoms with Gasteiger partial charge in [-0.05, 0) is 56.5 Å². The fraction of sp³-hybridized carbons (Fsp3) is 0.333. The van der Waals surface area contributed by atoms with Crippen LogP contribution in [0.4, 0.5) is 0 Å². The molecule has 29 heavy (non-hydrogen) atoms. The molecule has 0 bridgehead atoms. The maximum atomic E-state index is 13.3. The highest BCUT2D eigenvalue weighted by Gasteiger charge is 2.31. The Hall–Kier alpha value is -2.71. The number of fused-ring (bicyclic) bond motifs is 1. The zero-order chi connectivity index (χ0) is 20.6. The van der Waals surface area contributed by atoms with Crippen molar-refractivity contribution in [3.8, 4) is 0 Å². The van der Waals surface area contributed by atoms with E-state index in [4.69, 9.17) is 4.42 Å². The lowest BCUT2D eigenvalue weighted by Gasteiger charge is -2.31. The van der Waals surface area contributed by atoms with Crippen LogP contribution in [0.3, 0.4) is 0 Å². The van der Waals surface area contributed by atoms with E-state index < -0.39 is 10.0 Å². The van der Waals surface area contributed by atoms with Gasteiger partial charge in [-0.15, -0.1) is 0 Å². The van der Waals surface area contributed by atoms with E-state index in [0.29, 0.717) is 42.6 Å². The topological polar surface area (TPSA) is 92.5 Å². The second-order valence-corrected chi connectivity index (χ2v) is 9.27. The quantitative estimate of drug-likeness (QED) is 0.710. The number of furan rings is 1. The lowest BCUT2D eigenvalue weighted by molar-refractivity contribution is 0.0895. The van der Waals surface area contributed by atoms with E-state index in [-0.39, 0.29) is 16.8 Å². The Labute approximate surface area is 169 Å². The second kappa shape index (κ2) is 7.61. The maximum absolute atomic E-state index is 13.3. The first-order valence-electron chi connectivity index (χ1n) is 9.57. The van der Waals surface area contributed by atoms with Crippen LogP contribution in [0.2, 0.25) is 0 Å². The molecule has 1 aromatic carbocycles. The van der Waals surface area contributed by atoms with Crippen molar-refractivity contribution in [1.29, 1.82) is 0 Å². The zero-order valence-corrected chi connectivity index (χ0v) is 17.2. The van der Waals surface area contributed by atoms with Crippen molar-refractivity contribution in [2.24, 2.45) is 0 Å². The van der Waals surface area contributed by atoms with Crippen LogP contribution in [0.25, 0.3) is 10.9 Å². The van der Waals surface area contributed by atoms with E-state index in [0.717, 1.165) is 11.1 Å². The minimum Gasteiger partial charge on any atom is -0.459 e. The van der Waals surface area contributed by atoms with Gasteiger partial charge >= 0.3 is 0 Å². The molecule has 1 N–H and O–H groups in total. The Morgan fingerprint density at radius 1 is 1.14 bits per heavy atom. The molecule has 0 radical (unpaired) electrons. The van der Waals surface area contributed by atoms with Gasteiger partial charge in [0.15, 0.2) is 5.76 Å². The lowest BCUT2D eigenvalue weighted by Crippen LogP contribution is -2.46. The average Bonchev–Trinajstić information content (AvgIpc) is 3.15. The van der Waals surface area contributed by atoms with Crippen LogP contribution >= 0.6 is 0 Å². The van der Waals surface area contributed by atoms with Gasteiger partial charge in [0.1, 0.15) is 0 Å². The first kappa shape index (κ1) is 19.6. The highest BCUT2D eigenvalue weighted by molar-refractivity contribution is 7.89. The van der Waals surface area contributed by atoms with Gasteiger partial charge in [0.05, 0.1) is 16.7 Å². The fourth-order valence-electron chi connectivity index (χ4n) is 3.75. The SMILES string of the molecule is Cc1ccoc1C(=O)NC1CCN(S(=O)(=O)c2ccc(C)c3ncccc23)CC1. The Kier molecular flexibility index (Phi) is 5.14. The molecule has 8 heteroatoms. The van der Waals surface area contributed by atoms with Crippen molar-refractivity contribution in [2.45, 2.75) is 37.6 Å². The normalized spacial score (nSPS) is 16.2. The number of carbonyl (C=O) groups is 1. The largest absolute Gasteiger partial charge is 0.459 e. The zero-order valence-electron chi connectivity index (χ0n) is 16.4. The van der Waals surface area contributed by atoms with E-state index >= 15 is 0 Å². The summed E-state index contributed by atoms with van der Waals surface area (Å²) in [6, 6.07) is 8.64. The predicted octanol–water partition coefficient (Wildman–Crippen LogP) is 3.03. The average molecular weight is 413 g/mol. The molecule has 1 fully saturated rings. The molecular weight excluding hydrogens is 390 g/mol. The number of carbonyl (C=O) groups excluding carboxylic acids is 1. The van der Waals surface area contributed by atoms with Crippen molar-refractivity contribution in [3.05, 3.63) is 59.7 Å². The summed E-state index contributed by atoms with van der Waals surface area (Å²) in [7, 11) is -3.65. The molecule has 1 amide bonds. The molecule has 1 aliphatic heterocycles. The van der Waals surface area contributed by atoms with Crippen LogP contribution in [-0.4, -0.2) is 42.7 Å². The van der Waals surface area contributed by atoms with Gasteiger partial charge in [-0.25, -0.2) is 8.42 Å². The molecule has 0 saturated carbocycles. The van der Waals surface area contributed by atoms with Crippen molar-refractivity contribution in [2.75, 3.05) is 13.1 Å². The molecule has 3 heterocycles. The molecule has 0 spiro atoms. The number of pyridine rings is 1. The Morgan fingerprint density at radius 2 is 1.90 bits per heavy atom. The molecule has 4 rings (SSSR count). The predicted molar refractivity (Wildman–Crippen MR) is 109 cm³/mol. The van der Waals surface area contributed by atoms with Gasteiger partial charge < -0.3 is 9.73 Å². The number of benzene rings is 1. The van der Waals surface area contributed by atoms with Crippen molar-refractivity contribution in [1.82, 2.24) is 14.6 Å². The Balaban J connectivity index is 1.49. The molecule has 1 saturated heterocycles. The third-order valence-corrected chi connectivity index (χ3v) is 7.36. The maximum Gasteiger partial charge on any atom is 0.287 e. The number of amides is 1. The van der Waals surface area contributed by atoms with Gasteiger partial charge in [-0.2, -0.15) is 4.31 Å². The van der Waals surface area contributed by atoms with Crippen LogP contribution in [0.5, 0.6) is 0 Å². The van der Waals surface area contributed by atoms with Gasteiger partial charge in [0.25, 0.3) is 5.91 Å².